The van der Waals surface area contributed by atoms with Crippen LogP contribution in [0.15, 0.2) is 23.0 Å². The molecule has 7 nitrogen and oxygen atoms in total. The fourth-order valence-corrected chi connectivity index (χ4v) is 7.72. The number of rotatable bonds is 6. The van der Waals surface area contributed by atoms with Crippen LogP contribution < -0.4 is 0 Å². The van der Waals surface area contributed by atoms with Gasteiger partial charge in [-0.15, -0.1) is 5.10 Å². The van der Waals surface area contributed by atoms with E-state index >= 15 is 0 Å². The highest BCUT2D eigenvalue weighted by atomic mass is 16.6. The average molecular weight is 456 g/mol. The zero-order valence-electron chi connectivity index (χ0n) is 20.8. The minimum Gasteiger partial charge on any atom is -0.394 e. The first-order valence-corrected chi connectivity index (χ1v) is 12.9. The Morgan fingerprint density at radius 2 is 2.00 bits per heavy atom. The van der Waals surface area contributed by atoms with Crippen LogP contribution in [0, 0.1) is 28.6 Å². The summed E-state index contributed by atoms with van der Waals surface area (Å²) in [5.74, 6) is 2.24. The van der Waals surface area contributed by atoms with Gasteiger partial charge in [-0.1, -0.05) is 29.8 Å². The Kier molecular flexibility index (Phi) is 6.15. The van der Waals surface area contributed by atoms with Crippen LogP contribution in [-0.4, -0.2) is 57.5 Å². The molecular weight excluding hydrogens is 414 g/mol. The van der Waals surface area contributed by atoms with E-state index in [0.717, 1.165) is 42.6 Å². The lowest BCUT2D eigenvalue weighted by Crippen LogP contribution is -2.51. The summed E-state index contributed by atoms with van der Waals surface area (Å²) >= 11 is 0. The Hall–Kier alpha value is -1.73. The van der Waals surface area contributed by atoms with E-state index in [4.69, 9.17) is 4.84 Å². The van der Waals surface area contributed by atoms with E-state index in [2.05, 4.69) is 40.3 Å². The van der Waals surface area contributed by atoms with E-state index in [1.807, 2.05) is 25.0 Å². The third-order valence-electron chi connectivity index (χ3n) is 9.59. The maximum absolute atomic E-state index is 10.7. The second kappa shape index (κ2) is 8.81. The number of aliphatic hydroxyl groups excluding tert-OH is 1. The molecule has 0 radical (unpaired) electrons. The van der Waals surface area contributed by atoms with Gasteiger partial charge in [0.2, 0.25) is 0 Å². The topological polar surface area (TPSA) is 75.8 Å². The average Bonchev–Trinajstić information content (AvgIpc) is 3.34. The number of allylic oxidation sites excluding steroid dienone is 2. The predicted molar refractivity (Wildman–Crippen MR) is 129 cm³/mol. The molecule has 6 atom stereocenters. The van der Waals surface area contributed by atoms with Crippen LogP contribution in [0.1, 0.15) is 70.9 Å². The first kappa shape index (κ1) is 23.0. The highest BCUT2D eigenvalue weighted by Gasteiger charge is 2.58. The van der Waals surface area contributed by atoms with Gasteiger partial charge in [0.25, 0.3) is 0 Å². The van der Waals surface area contributed by atoms with Gasteiger partial charge in [0.1, 0.15) is 6.61 Å². The van der Waals surface area contributed by atoms with Crippen molar-refractivity contribution in [3.63, 3.8) is 0 Å². The summed E-state index contributed by atoms with van der Waals surface area (Å²) in [6, 6.07) is 0. The number of nitrogens with zero attached hydrogens (tertiary/aromatic N) is 5. The van der Waals surface area contributed by atoms with Crippen molar-refractivity contribution in [2.24, 2.45) is 33.7 Å². The van der Waals surface area contributed by atoms with Gasteiger partial charge in [-0.3, -0.25) is 0 Å². The molecular formula is C26H41N5O2. The van der Waals surface area contributed by atoms with Crippen molar-refractivity contribution in [2.45, 2.75) is 84.4 Å². The molecule has 0 bridgehead atoms. The molecule has 1 N–H and O–H groups in total. The SMILES string of the molecule is CN(C)Cc1cn(CCON=C2C=C3CCC4C(CC[C@@]5(C)C4CC[C@@H]5O)[C@@]3(C)CC2)nn1. The second-order valence-electron chi connectivity index (χ2n) is 11.8. The van der Waals surface area contributed by atoms with E-state index in [1.165, 1.54) is 38.5 Å². The lowest BCUT2D eigenvalue weighted by Gasteiger charge is -2.57. The fourth-order valence-electron chi connectivity index (χ4n) is 7.72. The summed E-state index contributed by atoms with van der Waals surface area (Å²) in [5, 5.41) is 23.5. The molecule has 7 heteroatoms. The van der Waals surface area contributed by atoms with Crippen LogP contribution in [0.5, 0.6) is 0 Å². The molecule has 1 aromatic rings. The van der Waals surface area contributed by atoms with E-state index in [1.54, 1.807) is 5.57 Å². The molecule has 182 valence electrons. The van der Waals surface area contributed by atoms with E-state index in [-0.39, 0.29) is 11.5 Å². The van der Waals surface area contributed by atoms with E-state index < -0.39 is 0 Å². The summed E-state index contributed by atoms with van der Waals surface area (Å²) in [5.41, 5.74) is 4.09. The molecule has 3 fully saturated rings. The maximum atomic E-state index is 10.7. The molecule has 0 amide bonds. The third kappa shape index (κ3) is 4.16. The van der Waals surface area contributed by atoms with Crippen LogP contribution in [-0.2, 0) is 17.9 Å². The van der Waals surface area contributed by atoms with Crippen LogP contribution in [0.3, 0.4) is 0 Å². The van der Waals surface area contributed by atoms with Gasteiger partial charge in [0.15, 0.2) is 0 Å². The molecule has 1 aromatic heterocycles. The molecule has 33 heavy (non-hydrogen) atoms. The highest BCUT2D eigenvalue weighted by Crippen LogP contribution is 2.65. The highest BCUT2D eigenvalue weighted by molar-refractivity contribution is 5.96. The standard InChI is InChI=1S/C26H41N5O2/c1-25-11-9-19(28-33-14-13-31-17-20(27-29-31)16-30(3)4)15-18(25)5-6-21-22-7-8-24(32)26(22,2)12-10-23(21)25/h15,17,21-24,32H,5-14,16H2,1-4H3/t21?,22?,23?,24-,25-,26-/m0/s1. The van der Waals surface area contributed by atoms with Crippen LogP contribution in [0.4, 0.5) is 0 Å². The monoisotopic (exact) mass is 455 g/mol. The normalized spacial score (nSPS) is 39.2. The van der Waals surface area contributed by atoms with Gasteiger partial charge < -0.3 is 14.8 Å². The Morgan fingerprint density at radius 3 is 2.82 bits per heavy atom. The number of oxime groups is 1. The number of fused-ring (bicyclic) bond motifs is 5. The minimum atomic E-state index is -0.0903. The number of hydrogen-bond donors (Lipinski definition) is 1. The summed E-state index contributed by atoms with van der Waals surface area (Å²) in [6.45, 7) is 6.82. The number of aliphatic hydroxyl groups is 1. The van der Waals surface area contributed by atoms with Gasteiger partial charge >= 0.3 is 0 Å². The molecule has 4 aliphatic rings. The molecule has 0 spiro atoms. The van der Waals surface area contributed by atoms with Gasteiger partial charge in [-0.25, -0.2) is 4.68 Å². The summed E-state index contributed by atoms with van der Waals surface area (Å²) < 4.78 is 1.83. The van der Waals surface area contributed by atoms with Gasteiger partial charge in [-0.2, -0.15) is 0 Å². The lowest BCUT2D eigenvalue weighted by atomic mass is 9.47. The number of hydrogen-bond acceptors (Lipinski definition) is 6. The summed E-state index contributed by atoms with van der Waals surface area (Å²) in [7, 11) is 4.05. The Bertz CT molecular complexity index is 924. The molecule has 4 aliphatic carbocycles. The third-order valence-corrected chi connectivity index (χ3v) is 9.59. The maximum Gasteiger partial charge on any atom is 0.136 e. The van der Waals surface area contributed by atoms with Crippen molar-refractivity contribution in [3.8, 4) is 0 Å². The van der Waals surface area contributed by atoms with Crippen molar-refractivity contribution in [2.75, 3.05) is 20.7 Å². The molecule has 0 aliphatic heterocycles. The molecule has 0 saturated heterocycles. The van der Waals surface area contributed by atoms with Crippen molar-refractivity contribution in [1.29, 1.82) is 0 Å². The first-order valence-electron chi connectivity index (χ1n) is 12.9. The lowest BCUT2D eigenvalue weighted by molar-refractivity contribution is -0.0722. The minimum absolute atomic E-state index is 0.0903. The van der Waals surface area contributed by atoms with Crippen molar-refractivity contribution in [1.82, 2.24) is 19.9 Å². The molecule has 1 heterocycles. The molecule has 0 aromatic carbocycles. The Balaban J connectivity index is 1.20. The first-order chi connectivity index (χ1) is 15.8. The van der Waals surface area contributed by atoms with Crippen LogP contribution in [0.2, 0.25) is 0 Å². The van der Waals surface area contributed by atoms with Crippen LogP contribution >= 0.6 is 0 Å². The van der Waals surface area contributed by atoms with E-state index in [9.17, 15) is 5.11 Å². The fraction of sp³-hybridized carbons (Fsp3) is 0.808. The van der Waals surface area contributed by atoms with Gasteiger partial charge in [0, 0.05) is 12.7 Å². The molecule has 3 unspecified atom stereocenters. The molecule has 3 saturated carbocycles. The number of aromatic nitrogens is 3. The molecule has 5 rings (SSSR count). The van der Waals surface area contributed by atoms with Crippen LogP contribution in [0.25, 0.3) is 0 Å². The van der Waals surface area contributed by atoms with Crippen molar-refractivity contribution < 1.29 is 9.94 Å². The predicted octanol–water partition coefficient (Wildman–Crippen LogP) is 4.04. The van der Waals surface area contributed by atoms with Crippen molar-refractivity contribution in [3.05, 3.63) is 23.5 Å². The van der Waals surface area contributed by atoms with Crippen molar-refractivity contribution >= 4 is 5.71 Å². The Morgan fingerprint density at radius 1 is 1.15 bits per heavy atom. The summed E-state index contributed by atoms with van der Waals surface area (Å²) in [6.07, 6.45) is 13.5. The van der Waals surface area contributed by atoms with Gasteiger partial charge in [-0.05, 0) is 100 Å². The quantitative estimate of drug-likeness (QED) is 0.518. The summed E-state index contributed by atoms with van der Waals surface area (Å²) in [4.78, 5) is 7.77. The van der Waals surface area contributed by atoms with Gasteiger partial charge in [0.05, 0.1) is 24.1 Å². The van der Waals surface area contributed by atoms with E-state index in [0.29, 0.717) is 24.5 Å². The zero-order chi connectivity index (χ0) is 23.2. The Labute approximate surface area is 198 Å². The smallest absolute Gasteiger partial charge is 0.136 e. The largest absolute Gasteiger partial charge is 0.394 e. The second-order valence-corrected chi connectivity index (χ2v) is 11.8. The zero-order valence-corrected chi connectivity index (χ0v) is 20.8.